The fourth-order valence-electron chi connectivity index (χ4n) is 4.54. The number of rotatable bonds is 4. The number of carbonyl (C=O) groups is 1. The molecule has 1 unspecified atom stereocenters. The van der Waals surface area contributed by atoms with Crippen LogP contribution in [0.5, 0.6) is 0 Å². The van der Waals surface area contributed by atoms with Crippen molar-refractivity contribution in [1.29, 1.82) is 0 Å². The van der Waals surface area contributed by atoms with E-state index in [1.54, 1.807) is 4.90 Å². The van der Waals surface area contributed by atoms with E-state index in [0.29, 0.717) is 50.3 Å². The van der Waals surface area contributed by atoms with E-state index < -0.39 is 16.4 Å². The summed E-state index contributed by atoms with van der Waals surface area (Å²) in [6.45, 7) is 10.9. The Morgan fingerprint density at radius 3 is 2.72 bits per heavy atom. The van der Waals surface area contributed by atoms with Crippen LogP contribution < -0.4 is 10.2 Å². The van der Waals surface area contributed by atoms with Gasteiger partial charge in [-0.3, -0.25) is 4.21 Å². The molecule has 1 N–H and O–H groups in total. The monoisotopic (exact) mass is 507 g/mol. The summed E-state index contributed by atoms with van der Waals surface area (Å²) in [6, 6.07) is 14.1. The van der Waals surface area contributed by atoms with Crippen molar-refractivity contribution in [2.24, 2.45) is 5.92 Å². The van der Waals surface area contributed by atoms with Gasteiger partial charge in [0.05, 0.1) is 16.3 Å². The summed E-state index contributed by atoms with van der Waals surface area (Å²) in [6.07, 6.45) is -0.261. The first-order valence-corrected chi connectivity index (χ1v) is 13.7. The van der Waals surface area contributed by atoms with Gasteiger partial charge < -0.3 is 19.9 Å². The molecular weight excluding hydrogens is 474 g/mol. The molecule has 2 aromatic carbocycles. The molecule has 36 heavy (non-hydrogen) atoms. The van der Waals surface area contributed by atoms with Crippen molar-refractivity contribution in [1.82, 2.24) is 14.9 Å². The lowest BCUT2D eigenvalue weighted by molar-refractivity contribution is 0.000840. The predicted octanol–water partition coefficient (Wildman–Crippen LogP) is 4.34. The van der Waals surface area contributed by atoms with Crippen molar-refractivity contribution < 1.29 is 13.7 Å². The largest absolute Gasteiger partial charge is 0.444 e. The van der Waals surface area contributed by atoms with Crippen molar-refractivity contribution in [2.75, 3.05) is 42.1 Å². The fourth-order valence-corrected chi connectivity index (χ4v) is 5.80. The van der Waals surface area contributed by atoms with Crippen LogP contribution in [0.15, 0.2) is 47.4 Å². The maximum absolute atomic E-state index is 12.8. The highest BCUT2D eigenvalue weighted by molar-refractivity contribution is 7.85. The number of nitrogens with one attached hydrogen (secondary N) is 1. The van der Waals surface area contributed by atoms with Gasteiger partial charge in [0, 0.05) is 54.7 Å². The first-order chi connectivity index (χ1) is 17.2. The van der Waals surface area contributed by atoms with Gasteiger partial charge in [0.2, 0.25) is 5.95 Å². The number of benzene rings is 2. The predicted molar refractivity (Wildman–Crippen MR) is 143 cm³/mol. The molecule has 8 nitrogen and oxygen atoms in total. The maximum atomic E-state index is 12.8. The molecule has 5 rings (SSSR count). The van der Waals surface area contributed by atoms with Gasteiger partial charge >= 0.3 is 6.09 Å². The summed E-state index contributed by atoms with van der Waals surface area (Å²) >= 11 is 0. The Labute approximate surface area is 214 Å². The number of aryl methyl sites for hydroxylation is 1. The molecule has 3 heterocycles. The SMILES string of the molecule is Cc1ccc2nc(N3CCS(=O)c4ccccc4C3)nc(NCC3CN(C(=O)OC(C)(C)C)C3)c2c1. The summed E-state index contributed by atoms with van der Waals surface area (Å²) in [5.41, 5.74) is 2.57. The first kappa shape index (κ1) is 24.5. The topological polar surface area (TPSA) is 87.7 Å². The number of anilines is 2. The van der Waals surface area contributed by atoms with Crippen LogP contribution in [-0.2, 0) is 22.1 Å². The number of likely N-dealkylation sites (tertiary alicyclic amines) is 1. The third-order valence-corrected chi connectivity index (χ3v) is 7.86. The van der Waals surface area contributed by atoms with Gasteiger partial charge in [-0.1, -0.05) is 29.8 Å². The molecule has 1 saturated heterocycles. The van der Waals surface area contributed by atoms with E-state index in [1.165, 1.54) is 0 Å². The minimum absolute atomic E-state index is 0.261. The summed E-state index contributed by atoms with van der Waals surface area (Å²) in [7, 11) is -1.04. The molecule has 1 fully saturated rings. The third kappa shape index (κ3) is 5.31. The van der Waals surface area contributed by atoms with E-state index in [1.807, 2.05) is 51.1 Å². The number of amides is 1. The third-order valence-electron chi connectivity index (χ3n) is 6.42. The van der Waals surface area contributed by atoms with Gasteiger partial charge in [-0.25, -0.2) is 9.78 Å². The van der Waals surface area contributed by atoms with Crippen LogP contribution >= 0.6 is 0 Å². The second-order valence-corrected chi connectivity index (χ2v) is 12.1. The molecule has 0 bridgehead atoms. The number of fused-ring (bicyclic) bond motifs is 2. The normalized spacial score (nSPS) is 18.4. The van der Waals surface area contributed by atoms with Gasteiger partial charge in [-0.2, -0.15) is 4.98 Å². The number of nitrogens with zero attached hydrogens (tertiary/aromatic N) is 4. The van der Waals surface area contributed by atoms with Gasteiger partial charge in [-0.05, 0) is 51.5 Å². The Balaban J connectivity index is 1.35. The van der Waals surface area contributed by atoms with E-state index in [2.05, 4.69) is 29.3 Å². The van der Waals surface area contributed by atoms with E-state index >= 15 is 0 Å². The molecule has 0 saturated carbocycles. The molecule has 1 amide bonds. The van der Waals surface area contributed by atoms with Gasteiger partial charge in [0.1, 0.15) is 11.4 Å². The van der Waals surface area contributed by atoms with E-state index in [9.17, 15) is 9.00 Å². The van der Waals surface area contributed by atoms with Crippen molar-refractivity contribution >= 4 is 39.6 Å². The second-order valence-electron chi connectivity index (χ2n) is 10.6. The Morgan fingerprint density at radius 1 is 1.17 bits per heavy atom. The van der Waals surface area contributed by atoms with Crippen molar-refractivity contribution in [3.05, 3.63) is 53.6 Å². The first-order valence-electron chi connectivity index (χ1n) is 12.4. The number of hydrogen-bond donors (Lipinski definition) is 1. The Bertz CT molecular complexity index is 1320. The Morgan fingerprint density at radius 2 is 1.94 bits per heavy atom. The molecule has 2 aliphatic rings. The zero-order valence-corrected chi connectivity index (χ0v) is 22.1. The van der Waals surface area contributed by atoms with E-state index in [4.69, 9.17) is 14.7 Å². The maximum Gasteiger partial charge on any atom is 0.410 e. The number of carbonyl (C=O) groups excluding carboxylic acids is 1. The average Bonchev–Trinajstić information content (AvgIpc) is 2.96. The highest BCUT2D eigenvalue weighted by Crippen LogP contribution is 2.29. The summed E-state index contributed by atoms with van der Waals surface area (Å²) in [4.78, 5) is 26.8. The molecule has 0 radical (unpaired) electrons. The zero-order valence-electron chi connectivity index (χ0n) is 21.3. The minimum Gasteiger partial charge on any atom is -0.444 e. The highest BCUT2D eigenvalue weighted by Gasteiger charge is 2.33. The lowest BCUT2D eigenvalue weighted by Crippen LogP contribution is -2.53. The lowest BCUT2D eigenvalue weighted by Gasteiger charge is -2.39. The number of aromatic nitrogens is 2. The Hall–Kier alpha value is -3.20. The smallest absolute Gasteiger partial charge is 0.410 e. The van der Waals surface area contributed by atoms with Crippen LogP contribution in [-0.4, -0.2) is 62.7 Å². The van der Waals surface area contributed by atoms with Crippen LogP contribution in [0.2, 0.25) is 0 Å². The fraction of sp³-hybridized carbons (Fsp3) is 0.444. The molecule has 9 heteroatoms. The molecule has 2 aliphatic heterocycles. The molecule has 0 spiro atoms. The van der Waals surface area contributed by atoms with Crippen LogP contribution in [0.1, 0.15) is 31.9 Å². The van der Waals surface area contributed by atoms with Gasteiger partial charge in [-0.15, -0.1) is 0 Å². The molecule has 190 valence electrons. The lowest BCUT2D eigenvalue weighted by atomic mass is 10.0. The van der Waals surface area contributed by atoms with Crippen molar-refractivity contribution in [3.63, 3.8) is 0 Å². The van der Waals surface area contributed by atoms with Gasteiger partial charge in [0.15, 0.2) is 0 Å². The molecule has 0 aliphatic carbocycles. The van der Waals surface area contributed by atoms with E-state index in [0.717, 1.165) is 32.7 Å². The minimum atomic E-state index is -1.04. The number of ether oxygens (including phenoxy) is 1. The molecule has 1 atom stereocenters. The summed E-state index contributed by atoms with van der Waals surface area (Å²) in [5, 5.41) is 4.50. The zero-order chi connectivity index (χ0) is 25.4. The Kier molecular flexibility index (Phi) is 6.59. The standard InChI is InChI=1S/C27H33N5O3S/c1-18-9-10-22-21(13-18)24(28-14-19-15-32(16-19)26(33)35-27(2,3)4)30-25(29-22)31-11-12-36(34)23-8-6-5-7-20(23)17-31/h5-10,13,19H,11-12,14-17H2,1-4H3,(H,28,29,30). The van der Waals surface area contributed by atoms with Crippen LogP contribution in [0, 0.1) is 12.8 Å². The highest BCUT2D eigenvalue weighted by atomic mass is 32.2. The van der Waals surface area contributed by atoms with Crippen molar-refractivity contribution in [3.8, 4) is 0 Å². The van der Waals surface area contributed by atoms with Crippen LogP contribution in [0.3, 0.4) is 0 Å². The molecule has 1 aromatic heterocycles. The molecule has 3 aromatic rings. The van der Waals surface area contributed by atoms with Crippen molar-refractivity contribution in [2.45, 2.75) is 44.7 Å². The van der Waals surface area contributed by atoms with E-state index in [-0.39, 0.29) is 6.09 Å². The van der Waals surface area contributed by atoms with Crippen LogP contribution in [0.4, 0.5) is 16.6 Å². The second kappa shape index (κ2) is 9.69. The average molecular weight is 508 g/mol. The van der Waals surface area contributed by atoms with Gasteiger partial charge in [0.25, 0.3) is 0 Å². The summed E-state index contributed by atoms with van der Waals surface area (Å²) in [5.74, 6) is 2.28. The number of hydrogen-bond acceptors (Lipinski definition) is 7. The quantitative estimate of drug-likeness (QED) is 0.562. The van der Waals surface area contributed by atoms with Crippen LogP contribution in [0.25, 0.3) is 10.9 Å². The summed E-state index contributed by atoms with van der Waals surface area (Å²) < 4.78 is 18.2. The molecular formula is C27H33N5O3S.